The normalized spacial score (nSPS) is 11.5. The van der Waals surface area contributed by atoms with Gasteiger partial charge >= 0.3 is 136 Å². The second-order valence-corrected chi connectivity index (χ2v) is 14.3. The SMILES string of the molecule is [CH3][Po][CH](C)c1ccc(C(=O)c2ccc(C(=O)c3ccc(Oc4ccc(C(=O)c5ccc(O)cc5)cc4)cc3)cc2)cc1. The van der Waals surface area contributed by atoms with E-state index in [1.54, 1.807) is 84.9 Å². The zero-order chi connectivity index (χ0) is 29.6. The number of aromatic hydroxyl groups is 1. The zero-order valence-electron chi connectivity index (χ0n) is 23.1. The molecule has 0 spiro atoms. The summed E-state index contributed by atoms with van der Waals surface area (Å²) in [7, 11) is 0. The molecule has 0 aliphatic carbocycles. The molecule has 1 unspecified atom stereocenters. The van der Waals surface area contributed by atoms with Crippen molar-refractivity contribution < 1.29 is 24.2 Å². The molecule has 208 valence electrons. The van der Waals surface area contributed by atoms with Gasteiger partial charge < -0.3 is 9.84 Å². The number of ketones is 3. The molecule has 0 aromatic heterocycles. The predicted molar refractivity (Wildman–Crippen MR) is 164 cm³/mol. The number of phenolic OH excluding ortho intramolecular Hbond substituents is 1. The van der Waals surface area contributed by atoms with E-state index < -0.39 is 0 Å². The molecular formula is C36H28O5Po. The Morgan fingerprint density at radius 1 is 0.524 bits per heavy atom. The number of phenols is 1. The molecule has 0 saturated carbocycles. The second-order valence-electron chi connectivity index (χ2n) is 9.76. The van der Waals surface area contributed by atoms with Crippen LogP contribution >= 0.6 is 0 Å². The number of carbonyl (C=O) groups excluding carboxylic acids is 3. The van der Waals surface area contributed by atoms with Crippen molar-refractivity contribution in [2.24, 2.45) is 0 Å². The van der Waals surface area contributed by atoms with Crippen molar-refractivity contribution in [2.45, 2.75) is 15.1 Å². The number of carbonyl (C=O) groups is 3. The van der Waals surface area contributed by atoms with Crippen molar-refractivity contribution in [3.63, 3.8) is 0 Å². The van der Waals surface area contributed by atoms with Crippen LogP contribution in [-0.2, 0) is 0 Å². The Morgan fingerprint density at radius 2 is 0.810 bits per heavy atom. The molecule has 5 nitrogen and oxygen atoms in total. The fraction of sp³-hybridized carbons (Fsp3) is 0.0833. The predicted octanol–water partition coefficient (Wildman–Crippen LogP) is 7.69. The molecule has 0 heterocycles. The Hall–Kier alpha value is -4.39. The molecule has 42 heavy (non-hydrogen) atoms. The van der Waals surface area contributed by atoms with Gasteiger partial charge in [-0.05, 0) is 72.8 Å². The monoisotopic (exact) mass is 749 g/mol. The van der Waals surface area contributed by atoms with Crippen LogP contribution in [0.3, 0.4) is 0 Å². The van der Waals surface area contributed by atoms with Crippen LogP contribution in [0.1, 0.15) is 63.8 Å². The number of ether oxygens (including phenoxy) is 1. The first-order valence-corrected chi connectivity index (χ1v) is 18.4. The van der Waals surface area contributed by atoms with Crippen LogP contribution in [-0.4, -0.2) is 46.0 Å². The summed E-state index contributed by atoms with van der Waals surface area (Å²) in [6.07, 6.45) is 0. The fourth-order valence-corrected chi connectivity index (χ4v) is 6.08. The quantitative estimate of drug-likeness (QED) is 0.148. The summed E-state index contributed by atoms with van der Waals surface area (Å²) in [5, 5.41) is 9.42. The molecule has 6 heteroatoms. The van der Waals surface area contributed by atoms with Crippen LogP contribution < -0.4 is 4.74 Å². The molecule has 1 N–H and O–H groups in total. The minimum atomic E-state index is -0.383. The minimum absolute atomic E-state index is 0.0661. The van der Waals surface area contributed by atoms with Gasteiger partial charge in [-0.15, -0.1) is 0 Å². The molecule has 5 rings (SSSR count). The van der Waals surface area contributed by atoms with E-state index in [9.17, 15) is 19.5 Å². The van der Waals surface area contributed by atoms with E-state index in [0.717, 1.165) is 0 Å². The summed E-state index contributed by atoms with van der Waals surface area (Å²) < 4.78 is 8.82. The molecule has 0 fully saturated rings. The van der Waals surface area contributed by atoms with Crippen LogP contribution in [0.4, 0.5) is 0 Å². The van der Waals surface area contributed by atoms with Crippen LogP contribution in [0.15, 0.2) is 121 Å². The van der Waals surface area contributed by atoms with Crippen molar-refractivity contribution in [1.82, 2.24) is 0 Å². The third kappa shape index (κ3) is 6.73. The van der Waals surface area contributed by atoms with Crippen molar-refractivity contribution in [3.05, 3.63) is 160 Å². The van der Waals surface area contributed by atoms with Crippen molar-refractivity contribution in [3.8, 4) is 17.2 Å². The van der Waals surface area contributed by atoms with Gasteiger partial charge in [-0.2, -0.15) is 0 Å². The molecule has 0 bridgehead atoms. The Morgan fingerprint density at radius 3 is 1.14 bits per heavy atom. The maximum atomic E-state index is 13.1. The van der Waals surface area contributed by atoms with Gasteiger partial charge in [0.15, 0.2) is 5.78 Å². The van der Waals surface area contributed by atoms with Gasteiger partial charge in [0, 0.05) is 11.1 Å². The Kier molecular flexibility index (Phi) is 9.05. The van der Waals surface area contributed by atoms with E-state index in [1.165, 1.54) is 17.7 Å². The van der Waals surface area contributed by atoms with Crippen LogP contribution in [0.25, 0.3) is 0 Å². The van der Waals surface area contributed by atoms with E-state index in [-0.39, 0.29) is 46.7 Å². The molecular weight excluding hydrogens is 721 g/mol. The zero-order valence-corrected chi connectivity index (χ0v) is 26.3. The van der Waals surface area contributed by atoms with E-state index in [2.05, 4.69) is 11.5 Å². The Balaban J connectivity index is 1.20. The second kappa shape index (κ2) is 13.1. The summed E-state index contributed by atoms with van der Waals surface area (Å²) in [6.45, 7) is 2.24. The first-order valence-electron chi connectivity index (χ1n) is 13.4. The third-order valence-electron chi connectivity index (χ3n) is 7.00. The first-order chi connectivity index (χ1) is 20.3. The van der Waals surface area contributed by atoms with Gasteiger partial charge in [0.05, 0.1) is 0 Å². The summed E-state index contributed by atoms with van der Waals surface area (Å²) >= 11 is -0.383. The fourth-order valence-electron chi connectivity index (χ4n) is 4.41. The molecule has 0 radical (unpaired) electrons. The van der Waals surface area contributed by atoms with E-state index in [4.69, 9.17) is 4.74 Å². The maximum absolute atomic E-state index is 13.1. The standard InChI is InChI=1S/C35H25O5.CH3.Po/c1-2-23-3-5-24(6-4-23)33(37)25-7-9-26(10-8-25)34(38)28-13-19-31(20-14-28)40-32-21-15-29(16-22-32)35(39)27-11-17-30(36)18-12-27;;/h2-22,36H,1H3;1H3;. The molecule has 5 aromatic carbocycles. The molecule has 0 amide bonds. The van der Waals surface area contributed by atoms with Crippen molar-refractivity contribution in [1.29, 1.82) is 0 Å². The topological polar surface area (TPSA) is 80.7 Å². The number of rotatable bonds is 10. The molecule has 0 aliphatic rings. The Bertz CT molecular complexity index is 1710. The van der Waals surface area contributed by atoms with Gasteiger partial charge in [-0.25, -0.2) is 0 Å². The number of hydrogen-bond donors (Lipinski definition) is 1. The van der Waals surface area contributed by atoms with Crippen LogP contribution in [0.2, 0.25) is 4.58 Å². The van der Waals surface area contributed by atoms with Gasteiger partial charge in [0.25, 0.3) is 0 Å². The van der Waals surface area contributed by atoms with Gasteiger partial charge in [-0.3, -0.25) is 4.79 Å². The first kappa shape index (κ1) is 29.1. The van der Waals surface area contributed by atoms with E-state index in [1.807, 2.05) is 24.3 Å². The summed E-state index contributed by atoms with van der Waals surface area (Å²) in [5.41, 5.74) is 4.44. The molecule has 1 atom stereocenters. The third-order valence-corrected chi connectivity index (χ3v) is 10.8. The van der Waals surface area contributed by atoms with Gasteiger partial charge in [-0.1, -0.05) is 0 Å². The number of hydrogen-bond acceptors (Lipinski definition) is 5. The number of benzene rings is 5. The average molecular weight is 750 g/mol. The average Bonchev–Trinajstić information content (AvgIpc) is 3.04. The van der Waals surface area contributed by atoms with Gasteiger partial charge in [0.2, 0.25) is 0 Å². The Labute approximate surface area is 256 Å². The van der Waals surface area contributed by atoms with Crippen molar-refractivity contribution >= 4 is 40.9 Å². The summed E-state index contributed by atoms with van der Waals surface area (Å²) in [4.78, 5) is 38.7. The van der Waals surface area contributed by atoms with E-state index in [0.29, 0.717) is 48.5 Å². The molecule has 0 aliphatic heterocycles. The molecule has 5 aromatic rings. The van der Waals surface area contributed by atoms with Crippen LogP contribution in [0, 0.1) is 0 Å². The van der Waals surface area contributed by atoms with Gasteiger partial charge in [0.1, 0.15) is 17.2 Å². The summed E-state index contributed by atoms with van der Waals surface area (Å²) in [5.74, 6) is 0.830. The van der Waals surface area contributed by atoms with Crippen molar-refractivity contribution in [2.75, 3.05) is 0 Å². The summed E-state index contributed by atoms with van der Waals surface area (Å²) in [6, 6.07) is 34.3. The van der Waals surface area contributed by atoms with Crippen LogP contribution in [0.5, 0.6) is 17.2 Å². The molecule has 0 saturated heterocycles. The van der Waals surface area contributed by atoms with E-state index >= 15 is 0 Å².